The molecular weight excluding hydrogens is 263 g/mol. The molecule has 0 aliphatic heterocycles. The zero-order chi connectivity index (χ0) is 15.5. The molecule has 0 spiro atoms. The van der Waals surface area contributed by atoms with E-state index in [-0.39, 0.29) is 11.9 Å². The third kappa shape index (κ3) is 4.52. The Balaban J connectivity index is 1.92. The van der Waals surface area contributed by atoms with Gasteiger partial charge in [0.2, 0.25) is 0 Å². The van der Waals surface area contributed by atoms with Crippen molar-refractivity contribution in [1.82, 2.24) is 5.43 Å². The lowest BCUT2D eigenvalue weighted by atomic mass is 9.68. The van der Waals surface area contributed by atoms with E-state index in [2.05, 4.69) is 26.2 Å². The van der Waals surface area contributed by atoms with Crippen molar-refractivity contribution in [2.45, 2.75) is 58.9 Å². The predicted molar refractivity (Wildman–Crippen MR) is 86.1 cm³/mol. The first-order valence-corrected chi connectivity index (χ1v) is 8.10. The van der Waals surface area contributed by atoms with Crippen molar-refractivity contribution >= 4 is 0 Å². The Labute approximate surface area is 128 Å². The van der Waals surface area contributed by atoms with Crippen LogP contribution in [-0.2, 0) is 6.42 Å². The Morgan fingerprint density at radius 1 is 1.14 bits per heavy atom. The molecule has 0 amide bonds. The van der Waals surface area contributed by atoms with Gasteiger partial charge in [-0.25, -0.2) is 4.39 Å². The fourth-order valence-corrected chi connectivity index (χ4v) is 3.62. The highest BCUT2D eigenvalue weighted by Crippen LogP contribution is 2.40. The first kappa shape index (κ1) is 16.4. The Kier molecular flexibility index (Phi) is 5.39. The highest BCUT2D eigenvalue weighted by atomic mass is 19.1. The quantitative estimate of drug-likeness (QED) is 0.649. The van der Waals surface area contributed by atoms with Gasteiger partial charge in [-0.15, -0.1) is 0 Å². The molecule has 1 saturated carbocycles. The van der Waals surface area contributed by atoms with Crippen LogP contribution in [0.5, 0.6) is 0 Å². The SMILES string of the molecule is CC(C)(C)C1CCC(C(Cc2ccc(F)cc2)NN)CC1. The van der Waals surface area contributed by atoms with Crippen molar-refractivity contribution in [2.75, 3.05) is 0 Å². The van der Waals surface area contributed by atoms with E-state index in [1.807, 2.05) is 12.1 Å². The van der Waals surface area contributed by atoms with E-state index in [1.165, 1.54) is 37.8 Å². The molecular formula is C18H29FN2. The summed E-state index contributed by atoms with van der Waals surface area (Å²) in [7, 11) is 0. The molecule has 1 aromatic rings. The maximum atomic E-state index is 13.0. The van der Waals surface area contributed by atoms with E-state index in [1.54, 1.807) is 0 Å². The maximum absolute atomic E-state index is 13.0. The summed E-state index contributed by atoms with van der Waals surface area (Å²) in [5.74, 6) is 7.04. The fourth-order valence-electron chi connectivity index (χ4n) is 3.62. The number of nitrogens with one attached hydrogen (secondary N) is 1. The summed E-state index contributed by atoms with van der Waals surface area (Å²) in [6.07, 6.45) is 5.92. The first-order chi connectivity index (χ1) is 9.90. The second kappa shape index (κ2) is 6.89. The summed E-state index contributed by atoms with van der Waals surface area (Å²) < 4.78 is 13.0. The molecule has 1 unspecified atom stereocenters. The number of hydrazine groups is 1. The van der Waals surface area contributed by atoms with Gasteiger partial charge < -0.3 is 0 Å². The van der Waals surface area contributed by atoms with Gasteiger partial charge in [0.1, 0.15) is 5.82 Å². The minimum Gasteiger partial charge on any atom is -0.271 e. The summed E-state index contributed by atoms with van der Waals surface area (Å²) in [5.41, 5.74) is 4.56. The predicted octanol–water partition coefficient (Wildman–Crippen LogP) is 4.05. The molecule has 2 nitrogen and oxygen atoms in total. The van der Waals surface area contributed by atoms with Crippen LogP contribution < -0.4 is 11.3 Å². The zero-order valence-corrected chi connectivity index (χ0v) is 13.5. The lowest BCUT2D eigenvalue weighted by molar-refractivity contribution is 0.132. The Morgan fingerprint density at radius 3 is 2.19 bits per heavy atom. The second-order valence-electron chi connectivity index (χ2n) is 7.58. The van der Waals surface area contributed by atoms with Crippen molar-refractivity contribution < 1.29 is 4.39 Å². The average Bonchev–Trinajstić information content (AvgIpc) is 2.46. The van der Waals surface area contributed by atoms with E-state index in [0.717, 1.165) is 17.9 Å². The summed E-state index contributed by atoms with van der Waals surface area (Å²) in [4.78, 5) is 0. The van der Waals surface area contributed by atoms with Gasteiger partial charge in [-0.1, -0.05) is 32.9 Å². The summed E-state index contributed by atoms with van der Waals surface area (Å²) in [5, 5.41) is 0. The van der Waals surface area contributed by atoms with Crippen LogP contribution in [0.1, 0.15) is 52.0 Å². The van der Waals surface area contributed by atoms with Crippen LogP contribution >= 0.6 is 0 Å². The minimum atomic E-state index is -0.179. The van der Waals surface area contributed by atoms with Crippen molar-refractivity contribution in [1.29, 1.82) is 0 Å². The lowest BCUT2D eigenvalue weighted by Crippen LogP contribution is -2.44. The van der Waals surface area contributed by atoms with Gasteiger partial charge in [-0.2, -0.15) is 0 Å². The van der Waals surface area contributed by atoms with Crippen molar-refractivity contribution in [3.63, 3.8) is 0 Å². The second-order valence-corrected chi connectivity index (χ2v) is 7.58. The number of halogens is 1. The summed E-state index contributed by atoms with van der Waals surface area (Å²) in [6.45, 7) is 7.03. The number of hydrogen-bond donors (Lipinski definition) is 2. The number of hydrogen-bond acceptors (Lipinski definition) is 2. The molecule has 1 fully saturated rings. The van der Waals surface area contributed by atoms with E-state index in [0.29, 0.717) is 11.3 Å². The fraction of sp³-hybridized carbons (Fsp3) is 0.667. The van der Waals surface area contributed by atoms with Crippen LogP contribution in [-0.4, -0.2) is 6.04 Å². The molecule has 0 radical (unpaired) electrons. The van der Waals surface area contributed by atoms with E-state index >= 15 is 0 Å². The Hall–Kier alpha value is -0.930. The molecule has 2 rings (SSSR count). The minimum absolute atomic E-state index is 0.179. The molecule has 118 valence electrons. The van der Waals surface area contributed by atoms with Gasteiger partial charge in [0.25, 0.3) is 0 Å². The smallest absolute Gasteiger partial charge is 0.123 e. The Bertz CT molecular complexity index is 428. The standard InChI is InChI=1S/C18H29FN2/c1-18(2,3)15-8-6-14(7-9-15)17(21-20)12-13-4-10-16(19)11-5-13/h4-5,10-11,14-15,17,21H,6-9,12,20H2,1-3H3. The first-order valence-electron chi connectivity index (χ1n) is 8.10. The zero-order valence-electron chi connectivity index (χ0n) is 13.5. The van der Waals surface area contributed by atoms with Gasteiger partial charge >= 0.3 is 0 Å². The summed E-state index contributed by atoms with van der Waals surface area (Å²) in [6, 6.07) is 7.07. The molecule has 1 aromatic carbocycles. The lowest BCUT2D eigenvalue weighted by Gasteiger charge is -2.39. The van der Waals surface area contributed by atoms with Crippen molar-refractivity contribution in [2.24, 2.45) is 23.1 Å². The summed E-state index contributed by atoms with van der Waals surface area (Å²) >= 11 is 0. The van der Waals surface area contributed by atoms with Gasteiger partial charge in [0.05, 0.1) is 0 Å². The third-order valence-electron chi connectivity index (χ3n) is 5.15. The molecule has 21 heavy (non-hydrogen) atoms. The van der Waals surface area contributed by atoms with E-state index in [4.69, 9.17) is 5.84 Å². The van der Waals surface area contributed by atoms with Crippen molar-refractivity contribution in [3.05, 3.63) is 35.6 Å². The molecule has 0 aromatic heterocycles. The highest BCUT2D eigenvalue weighted by molar-refractivity contribution is 5.17. The normalized spacial score (nSPS) is 24.8. The Morgan fingerprint density at radius 2 is 1.71 bits per heavy atom. The number of nitrogens with two attached hydrogens (primary N) is 1. The van der Waals surface area contributed by atoms with E-state index < -0.39 is 0 Å². The molecule has 1 aliphatic rings. The number of benzene rings is 1. The monoisotopic (exact) mass is 292 g/mol. The van der Waals surface area contributed by atoms with E-state index in [9.17, 15) is 4.39 Å². The van der Waals surface area contributed by atoms with Crippen LogP contribution in [0.2, 0.25) is 0 Å². The molecule has 0 saturated heterocycles. The highest BCUT2D eigenvalue weighted by Gasteiger charge is 2.32. The molecule has 0 bridgehead atoms. The van der Waals surface area contributed by atoms with Gasteiger partial charge in [-0.3, -0.25) is 11.3 Å². The third-order valence-corrected chi connectivity index (χ3v) is 5.15. The van der Waals surface area contributed by atoms with Gasteiger partial charge in [0, 0.05) is 6.04 Å². The van der Waals surface area contributed by atoms with Gasteiger partial charge in [0.15, 0.2) is 0 Å². The molecule has 1 aliphatic carbocycles. The molecule has 3 N–H and O–H groups in total. The largest absolute Gasteiger partial charge is 0.271 e. The van der Waals surface area contributed by atoms with Crippen LogP contribution in [0, 0.1) is 23.1 Å². The average molecular weight is 292 g/mol. The van der Waals surface area contributed by atoms with Crippen LogP contribution in [0.4, 0.5) is 4.39 Å². The maximum Gasteiger partial charge on any atom is 0.123 e. The van der Waals surface area contributed by atoms with Crippen LogP contribution in [0.3, 0.4) is 0 Å². The van der Waals surface area contributed by atoms with Crippen LogP contribution in [0.15, 0.2) is 24.3 Å². The van der Waals surface area contributed by atoms with Gasteiger partial charge in [-0.05, 0) is 67.1 Å². The topological polar surface area (TPSA) is 38.0 Å². The molecule has 1 atom stereocenters. The molecule has 0 heterocycles. The molecule has 3 heteroatoms. The number of rotatable bonds is 4. The van der Waals surface area contributed by atoms with Crippen molar-refractivity contribution in [3.8, 4) is 0 Å². The van der Waals surface area contributed by atoms with Crippen LogP contribution in [0.25, 0.3) is 0 Å².